The Labute approximate surface area is 203 Å². The highest BCUT2D eigenvalue weighted by molar-refractivity contribution is 5.83. The molecule has 4 aliphatic carbocycles. The van der Waals surface area contributed by atoms with Crippen molar-refractivity contribution in [3.63, 3.8) is 0 Å². The second-order valence-electron chi connectivity index (χ2n) is 10.1. The Hall–Kier alpha value is -2.34. The van der Waals surface area contributed by atoms with Gasteiger partial charge in [0.2, 0.25) is 0 Å². The van der Waals surface area contributed by atoms with Crippen molar-refractivity contribution in [2.75, 3.05) is 26.3 Å². The molecule has 5 nitrogen and oxygen atoms in total. The number of benzene rings is 2. The first-order chi connectivity index (χ1) is 16.6. The van der Waals surface area contributed by atoms with E-state index in [2.05, 4.69) is 36.4 Å². The zero-order valence-electron chi connectivity index (χ0n) is 20.2. The number of phenolic OH excluding ortho intramolecular Hbond substituents is 1. The van der Waals surface area contributed by atoms with Gasteiger partial charge in [0, 0.05) is 6.61 Å². The molecule has 4 aliphatic rings. The van der Waals surface area contributed by atoms with Gasteiger partial charge in [0.05, 0.1) is 6.61 Å². The third-order valence-electron chi connectivity index (χ3n) is 7.58. The van der Waals surface area contributed by atoms with Gasteiger partial charge in [-0.05, 0) is 123 Å². The fourth-order valence-electron chi connectivity index (χ4n) is 6.31. The van der Waals surface area contributed by atoms with E-state index in [0.717, 1.165) is 42.3 Å². The second-order valence-corrected chi connectivity index (χ2v) is 10.1. The van der Waals surface area contributed by atoms with Crippen LogP contribution in [0.3, 0.4) is 0 Å². The summed E-state index contributed by atoms with van der Waals surface area (Å²) in [5, 5.41) is 17.8. The van der Waals surface area contributed by atoms with E-state index in [-0.39, 0.29) is 6.61 Å². The molecule has 5 heteroatoms. The molecule has 0 atom stereocenters. The zero-order chi connectivity index (χ0) is 23.9. The van der Waals surface area contributed by atoms with Crippen LogP contribution in [0.25, 0.3) is 5.57 Å². The first-order valence-electron chi connectivity index (χ1n) is 12.9. The third-order valence-corrected chi connectivity index (χ3v) is 7.58. The first kappa shape index (κ1) is 24.8. The van der Waals surface area contributed by atoms with Gasteiger partial charge < -0.3 is 26.4 Å². The van der Waals surface area contributed by atoms with Crippen molar-refractivity contribution in [1.29, 1.82) is 0 Å². The molecule has 184 valence electrons. The number of hydrogen-bond donors (Lipinski definition) is 4. The average molecular weight is 465 g/mol. The van der Waals surface area contributed by atoms with Crippen molar-refractivity contribution in [1.82, 2.24) is 0 Å². The summed E-state index contributed by atoms with van der Waals surface area (Å²) in [6, 6.07) is 16.4. The Bertz CT molecular complexity index is 905. The largest absolute Gasteiger partial charge is 0.508 e. The standard InChI is InChI=1S/C26H31NO2.C3H9NO/c27-10-1-11-29-24-8-4-20(5-9-24)25(19-2-6-23(28)7-3-19)26-21-13-17-12-18(15-21)16-22(26)14-17;4-2-1-3-5/h2-9,17-18,21-22,28H,1,10-16,27H2;5H,1-4H2. The molecule has 0 aliphatic heterocycles. The number of aromatic hydroxyl groups is 1. The van der Waals surface area contributed by atoms with Crippen LogP contribution in [-0.2, 0) is 0 Å². The van der Waals surface area contributed by atoms with Crippen LogP contribution >= 0.6 is 0 Å². The Kier molecular flexibility index (Phi) is 8.65. The molecule has 4 fully saturated rings. The molecular formula is C29H40N2O3. The van der Waals surface area contributed by atoms with Gasteiger partial charge in [-0.1, -0.05) is 29.8 Å². The maximum Gasteiger partial charge on any atom is 0.119 e. The Morgan fingerprint density at radius 2 is 1.29 bits per heavy atom. The zero-order valence-corrected chi connectivity index (χ0v) is 20.2. The summed E-state index contributed by atoms with van der Waals surface area (Å²) in [5.74, 6) is 4.58. The molecule has 4 bridgehead atoms. The molecule has 34 heavy (non-hydrogen) atoms. The predicted molar refractivity (Wildman–Crippen MR) is 138 cm³/mol. The molecule has 0 saturated heterocycles. The lowest BCUT2D eigenvalue weighted by Crippen LogP contribution is -2.40. The summed E-state index contributed by atoms with van der Waals surface area (Å²) in [5.41, 5.74) is 16.1. The van der Waals surface area contributed by atoms with Crippen molar-refractivity contribution in [3.05, 3.63) is 65.2 Å². The van der Waals surface area contributed by atoms with E-state index in [1.807, 2.05) is 12.1 Å². The summed E-state index contributed by atoms with van der Waals surface area (Å²) in [4.78, 5) is 0. The van der Waals surface area contributed by atoms with E-state index in [4.69, 9.17) is 21.3 Å². The van der Waals surface area contributed by atoms with Gasteiger partial charge in [0.25, 0.3) is 0 Å². The van der Waals surface area contributed by atoms with Crippen LogP contribution in [0.5, 0.6) is 11.5 Å². The minimum atomic E-state index is 0.219. The smallest absolute Gasteiger partial charge is 0.119 e. The summed E-state index contributed by atoms with van der Waals surface area (Å²) in [6.07, 6.45) is 8.52. The molecule has 2 aromatic carbocycles. The van der Waals surface area contributed by atoms with Crippen molar-refractivity contribution >= 4 is 5.57 Å². The van der Waals surface area contributed by atoms with E-state index < -0.39 is 0 Å². The van der Waals surface area contributed by atoms with Crippen LogP contribution in [-0.4, -0.2) is 36.5 Å². The number of ether oxygens (including phenoxy) is 1. The van der Waals surface area contributed by atoms with Crippen LogP contribution in [0, 0.1) is 23.7 Å². The van der Waals surface area contributed by atoms with Crippen LogP contribution in [0.4, 0.5) is 0 Å². The van der Waals surface area contributed by atoms with Crippen molar-refractivity contribution in [2.24, 2.45) is 35.1 Å². The highest BCUT2D eigenvalue weighted by Gasteiger charge is 2.46. The van der Waals surface area contributed by atoms with Gasteiger partial charge in [-0.25, -0.2) is 0 Å². The summed E-state index contributed by atoms with van der Waals surface area (Å²) < 4.78 is 5.81. The fraction of sp³-hybridized carbons (Fsp3) is 0.517. The Balaban J connectivity index is 0.000000499. The van der Waals surface area contributed by atoms with Gasteiger partial charge in [-0.3, -0.25) is 0 Å². The quantitative estimate of drug-likeness (QED) is 0.424. The number of nitrogens with two attached hydrogens (primary N) is 2. The van der Waals surface area contributed by atoms with Gasteiger partial charge in [-0.2, -0.15) is 0 Å². The van der Waals surface area contributed by atoms with E-state index >= 15 is 0 Å². The van der Waals surface area contributed by atoms with Crippen LogP contribution in [0.2, 0.25) is 0 Å². The van der Waals surface area contributed by atoms with E-state index in [1.165, 1.54) is 48.8 Å². The topological polar surface area (TPSA) is 102 Å². The van der Waals surface area contributed by atoms with Crippen LogP contribution in [0.15, 0.2) is 54.1 Å². The lowest BCUT2D eigenvalue weighted by atomic mass is 9.53. The number of allylic oxidation sites excluding steroid dienone is 1. The third kappa shape index (κ3) is 5.83. The molecule has 0 unspecified atom stereocenters. The molecular weight excluding hydrogens is 424 g/mol. The summed E-state index contributed by atoms with van der Waals surface area (Å²) >= 11 is 0. The average Bonchev–Trinajstić information content (AvgIpc) is 2.84. The lowest BCUT2D eigenvalue weighted by Gasteiger charge is -2.52. The van der Waals surface area contributed by atoms with Gasteiger partial charge in [0.15, 0.2) is 0 Å². The van der Waals surface area contributed by atoms with Crippen LogP contribution in [0.1, 0.15) is 56.1 Å². The summed E-state index contributed by atoms with van der Waals surface area (Å²) in [7, 11) is 0. The van der Waals surface area contributed by atoms with Gasteiger partial charge in [-0.15, -0.1) is 0 Å². The fourth-order valence-corrected chi connectivity index (χ4v) is 6.31. The van der Waals surface area contributed by atoms with Crippen molar-refractivity contribution in [2.45, 2.75) is 44.9 Å². The Morgan fingerprint density at radius 3 is 1.76 bits per heavy atom. The molecule has 2 aromatic rings. The lowest BCUT2D eigenvalue weighted by molar-refractivity contribution is 0.0705. The van der Waals surface area contributed by atoms with E-state index in [9.17, 15) is 5.11 Å². The highest BCUT2D eigenvalue weighted by Crippen LogP contribution is 2.58. The first-order valence-corrected chi connectivity index (χ1v) is 12.9. The highest BCUT2D eigenvalue weighted by atomic mass is 16.5. The molecule has 0 amide bonds. The monoisotopic (exact) mass is 464 g/mol. The van der Waals surface area contributed by atoms with Crippen molar-refractivity contribution < 1.29 is 14.9 Å². The van der Waals surface area contributed by atoms with Gasteiger partial charge >= 0.3 is 0 Å². The van der Waals surface area contributed by atoms with Crippen molar-refractivity contribution in [3.8, 4) is 11.5 Å². The summed E-state index contributed by atoms with van der Waals surface area (Å²) in [6.45, 7) is 2.13. The van der Waals surface area contributed by atoms with Crippen LogP contribution < -0.4 is 16.2 Å². The minimum Gasteiger partial charge on any atom is -0.508 e. The molecule has 0 heterocycles. The normalized spacial score (nSPS) is 24.5. The molecule has 0 aromatic heterocycles. The van der Waals surface area contributed by atoms with E-state index in [1.54, 1.807) is 5.57 Å². The minimum absolute atomic E-state index is 0.219. The Morgan fingerprint density at radius 1 is 0.765 bits per heavy atom. The molecule has 6 rings (SSSR count). The number of phenols is 1. The number of aliphatic hydroxyl groups is 1. The number of hydrogen-bond acceptors (Lipinski definition) is 5. The molecule has 6 N–H and O–H groups in total. The SMILES string of the molecule is NCCCO.NCCCOc1ccc(C(=C2C3CC4CC(C3)CC2C4)c2ccc(O)cc2)cc1. The molecule has 0 radical (unpaired) electrons. The maximum absolute atomic E-state index is 9.82. The number of rotatable bonds is 8. The number of aliphatic hydroxyl groups excluding tert-OH is 1. The molecule has 4 saturated carbocycles. The second kappa shape index (κ2) is 11.9. The molecule has 0 spiro atoms. The maximum atomic E-state index is 9.82. The predicted octanol–water partition coefficient (Wildman–Crippen LogP) is 4.71. The van der Waals surface area contributed by atoms with E-state index in [0.29, 0.717) is 25.4 Å². The van der Waals surface area contributed by atoms with Gasteiger partial charge in [0.1, 0.15) is 11.5 Å².